The second kappa shape index (κ2) is 5.22. The maximum absolute atomic E-state index is 11.9. The van der Waals surface area contributed by atoms with E-state index < -0.39 is 23.6 Å². The molecule has 1 aliphatic rings. The van der Waals surface area contributed by atoms with E-state index in [2.05, 4.69) is 20.4 Å². The quantitative estimate of drug-likeness (QED) is 0.694. The van der Waals surface area contributed by atoms with E-state index in [1.54, 1.807) is 6.92 Å². The predicted molar refractivity (Wildman–Crippen MR) is 68.5 cm³/mol. The Morgan fingerprint density at radius 3 is 3.00 bits per heavy atom. The number of aromatic nitrogens is 6. The van der Waals surface area contributed by atoms with E-state index in [1.165, 1.54) is 21.9 Å². The van der Waals surface area contributed by atoms with Crippen molar-refractivity contribution in [3.05, 3.63) is 38.9 Å². The van der Waals surface area contributed by atoms with Crippen molar-refractivity contribution in [3.8, 4) is 0 Å². The van der Waals surface area contributed by atoms with Crippen LogP contribution in [-0.4, -0.2) is 47.6 Å². The summed E-state index contributed by atoms with van der Waals surface area (Å²) in [5.74, 6) is 0. The third kappa shape index (κ3) is 2.38. The summed E-state index contributed by atoms with van der Waals surface area (Å²) in [5, 5.41) is 20.8. The van der Waals surface area contributed by atoms with Gasteiger partial charge in [-0.2, -0.15) is 4.80 Å². The minimum Gasteiger partial charge on any atom is -0.394 e. The molecule has 0 aliphatic carbocycles. The van der Waals surface area contributed by atoms with Crippen LogP contribution in [0.25, 0.3) is 0 Å². The van der Waals surface area contributed by atoms with Crippen molar-refractivity contribution >= 4 is 0 Å². The van der Waals surface area contributed by atoms with Gasteiger partial charge in [-0.15, -0.1) is 10.2 Å². The van der Waals surface area contributed by atoms with Crippen LogP contribution in [0, 0.1) is 6.92 Å². The van der Waals surface area contributed by atoms with Crippen LogP contribution in [0.3, 0.4) is 0 Å². The first-order chi connectivity index (χ1) is 10.1. The van der Waals surface area contributed by atoms with E-state index in [0.717, 1.165) is 0 Å². The van der Waals surface area contributed by atoms with Crippen LogP contribution in [0.5, 0.6) is 0 Å². The van der Waals surface area contributed by atoms with Gasteiger partial charge >= 0.3 is 5.69 Å². The Morgan fingerprint density at radius 2 is 2.33 bits per heavy atom. The molecule has 1 saturated heterocycles. The number of H-pyrrole nitrogens is 1. The van der Waals surface area contributed by atoms with Crippen molar-refractivity contribution in [2.75, 3.05) is 6.61 Å². The van der Waals surface area contributed by atoms with Gasteiger partial charge in [0.2, 0.25) is 0 Å². The number of rotatable bonds is 3. The molecule has 3 atom stereocenters. The van der Waals surface area contributed by atoms with E-state index in [1.807, 2.05) is 0 Å². The van der Waals surface area contributed by atoms with Crippen LogP contribution in [0.15, 0.2) is 22.1 Å². The second-order valence-corrected chi connectivity index (χ2v) is 4.85. The molecule has 3 rings (SSSR count). The van der Waals surface area contributed by atoms with Crippen molar-refractivity contribution in [2.45, 2.75) is 31.7 Å². The molecule has 0 unspecified atom stereocenters. The number of aryl methyl sites for hydroxylation is 1. The summed E-state index contributed by atoms with van der Waals surface area (Å²) >= 11 is 0. The van der Waals surface area contributed by atoms with Crippen molar-refractivity contribution in [1.82, 2.24) is 29.8 Å². The highest BCUT2D eigenvalue weighted by Gasteiger charge is 2.38. The first-order valence-electron chi connectivity index (χ1n) is 6.41. The van der Waals surface area contributed by atoms with E-state index in [4.69, 9.17) is 4.74 Å². The van der Waals surface area contributed by atoms with Gasteiger partial charge in [0, 0.05) is 18.2 Å². The summed E-state index contributed by atoms with van der Waals surface area (Å²) in [6.07, 6.45) is 1.95. The lowest BCUT2D eigenvalue weighted by Gasteiger charge is -2.15. The normalized spacial score (nSPS) is 25.3. The SMILES string of the molecule is Cc1cn([C@H]2C[C@H](n3ncnn3)[C@@H](CO)O2)c(=O)[nH]c1=O. The molecular formula is C11H14N6O4. The molecule has 1 fully saturated rings. The van der Waals surface area contributed by atoms with Gasteiger partial charge in [0.1, 0.15) is 18.4 Å². The van der Waals surface area contributed by atoms with Gasteiger partial charge in [-0.1, -0.05) is 0 Å². The van der Waals surface area contributed by atoms with Crippen LogP contribution < -0.4 is 11.2 Å². The number of aliphatic hydroxyl groups is 1. The first-order valence-corrected chi connectivity index (χ1v) is 6.41. The van der Waals surface area contributed by atoms with Crippen LogP contribution in [0.4, 0.5) is 0 Å². The molecular weight excluding hydrogens is 280 g/mol. The Morgan fingerprint density at radius 1 is 1.52 bits per heavy atom. The molecule has 0 radical (unpaired) electrons. The van der Waals surface area contributed by atoms with Crippen molar-refractivity contribution < 1.29 is 9.84 Å². The summed E-state index contributed by atoms with van der Waals surface area (Å²) in [7, 11) is 0. The van der Waals surface area contributed by atoms with Gasteiger partial charge in [0.15, 0.2) is 6.33 Å². The number of nitrogens with one attached hydrogen (secondary N) is 1. The number of aliphatic hydroxyl groups excluding tert-OH is 1. The Labute approximate surface area is 118 Å². The highest BCUT2D eigenvalue weighted by atomic mass is 16.5. The van der Waals surface area contributed by atoms with Gasteiger partial charge in [-0.05, 0) is 12.1 Å². The van der Waals surface area contributed by atoms with Crippen molar-refractivity contribution in [1.29, 1.82) is 0 Å². The molecule has 0 amide bonds. The highest BCUT2D eigenvalue weighted by Crippen LogP contribution is 2.34. The van der Waals surface area contributed by atoms with Gasteiger partial charge in [-0.3, -0.25) is 14.3 Å². The smallest absolute Gasteiger partial charge is 0.330 e. The molecule has 21 heavy (non-hydrogen) atoms. The lowest BCUT2D eigenvalue weighted by Crippen LogP contribution is -2.33. The molecule has 10 nitrogen and oxygen atoms in total. The number of hydrogen-bond donors (Lipinski definition) is 2. The zero-order valence-electron chi connectivity index (χ0n) is 11.2. The lowest BCUT2D eigenvalue weighted by molar-refractivity contribution is -0.0332. The third-order valence-electron chi connectivity index (χ3n) is 3.50. The zero-order chi connectivity index (χ0) is 15.0. The first kappa shape index (κ1) is 13.6. The minimum absolute atomic E-state index is 0.236. The zero-order valence-corrected chi connectivity index (χ0v) is 11.2. The number of nitrogens with zero attached hydrogens (tertiary/aromatic N) is 5. The van der Waals surface area contributed by atoms with Gasteiger partial charge in [0.05, 0.1) is 6.61 Å². The summed E-state index contributed by atoms with van der Waals surface area (Å²) in [6, 6.07) is -0.332. The highest BCUT2D eigenvalue weighted by molar-refractivity contribution is 5.02. The van der Waals surface area contributed by atoms with Crippen LogP contribution >= 0.6 is 0 Å². The average molecular weight is 294 g/mol. The number of tetrazole rings is 1. The summed E-state index contributed by atoms with van der Waals surface area (Å²) in [5.41, 5.74) is -0.581. The fourth-order valence-electron chi connectivity index (χ4n) is 2.42. The molecule has 2 N–H and O–H groups in total. The van der Waals surface area contributed by atoms with Gasteiger partial charge in [0.25, 0.3) is 5.56 Å². The maximum atomic E-state index is 11.9. The molecule has 2 aromatic heterocycles. The van der Waals surface area contributed by atoms with Crippen LogP contribution in [-0.2, 0) is 4.74 Å². The van der Waals surface area contributed by atoms with Gasteiger partial charge < -0.3 is 9.84 Å². The Bertz CT molecular complexity index is 736. The minimum atomic E-state index is -0.610. The van der Waals surface area contributed by atoms with Gasteiger partial charge in [-0.25, -0.2) is 4.79 Å². The Kier molecular flexibility index (Phi) is 3.39. The molecule has 0 aromatic carbocycles. The average Bonchev–Trinajstić information content (AvgIpc) is 3.10. The molecule has 0 saturated carbocycles. The van der Waals surface area contributed by atoms with E-state index in [0.29, 0.717) is 12.0 Å². The maximum Gasteiger partial charge on any atom is 0.330 e. The molecule has 0 spiro atoms. The molecule has 3 heterocycles. The van der Waals surface area contributed by atoms with Crippen LogP contribution in [0.2, 0.25) is 0 Å². The molecule has 112 valence electrons. The Hall–Kier alpha value is -2.33. The monoisotopic (exact) mass is 294 g/mol. The van der Waals surface area contributed by atoms with E-state index >= 15 is 0 Å². The predicted octanol–water partition coefficient (Wildman–Crippen LogP) is -1.65. The Balaban J connectivity index is 1.93. The molecule has 2 aromatic rings. The topological polar surface area (TPSA) is 128 Å². The summed E-state index contributed by atoms with van der Waals surface area (Å²) in [6.45, 7) is 1.36. The van der Waals surface area contributed by atoms with Crippen molar-refractivity contribution in [2.24, 2.45) is 0 Å². The largest absolute Gasteiger partial charge is 0.394 e. The molecule has 0 bridgehead atoms. The molecule has 1 aliphatic heterocycles. The fourth-order valence-corrected chi connectivity index (χ4v) is 2.42. The van der Waals surface area contributed by atoms with E-state index in [-0.39, 0.29) is 12.6 Å². The fraction of sp³-hybridized carbons (Fsp3) is 0.545. The number of hydrogen-bond acceptors (Lipinski definition) is 7. The summed E-state index contributed by atoms with van der Waals surface area (Å²) in [4.78, 5) is 26.9. The lowest BCUT2D eigenvalue weighted by atomic mass is 10.1. The summed E-state index contributed by atoms with van der Waals surface area (Å²) < 4.78 is 6.97. The number of aromatic amines is 1. The number of ether oxygens (including phenoxy) is 1. The third-order valence-corrected chi connectivity index (χ3v) is 3.50. The molecule has 10 heteroatoms. The second-order valence-electron chi connectivity index (χ2n) is 4.85. The van der Waals surface area contributed by atoms with E-state index in [9.17, 15) is 14.7 Å². The van der Waals surface area contributed by atoms with Crippen molar-refractivity contribution in [3.63, 3.8) is 0 Å². The van der Waals surface area contributed by atoms with Crippen LogP contribution in [0.1, 0.15) is 24.3 Å². The standard InChI is InChI=1S/C11H14N6O4/c1-6-3-16(11(20)14-10(6)19)9-2-7(8(4-18)21-9)17-13-5-12-15-17/h3,5,7-9,18H,2,4H2,1H3,(H,14,19,20)/t7-,8+,9+/m0/s1.